The van der Waals surface area contributed by atoms with E-state index in [0.717, 1.165) is 32.5 Å². The van der Waals surface area contributed by atoms with Crippen molar-refractivity contribution in [2.45, 2.75) is 19.8 Å². The van der Waals surface area contributed by atoms with Gasteiger partial charge in [0.25, 0.3) is 5.91 Å². The molecule has 0 aromatic heterocycles. The lowest BCUT2D eigenvalue weighted by molar-refractivity contribution is 0.0930. The van der Waals surface area contributed by atoms with E-state index in [9.17, 15) is 14.3 Å². The topological polar surface area (TPSA) is 52.6 Å². The Hall–Kier alpha value is -1.62. The first-order chi connectivity index (χ1) is 9.61. The molecule has 0 spiro atoms. The fraction of sp³-hybridized carbons (Fsp3) is 0.533. The zero-order chi connectivity index (χ0) is 14.5. The Balaban J connectivity index is 1.87. The molecule has 0 bridgehead atoms. The summed E-state index contributed by atoms with van der Waals surface area (Å²) in [7, 11) is 0. The van der Waals surface area contributed by atoms with Gasteiger partial charge in [0.15, 0.2) is 0 Å². The third-order valence-corrected chi connectivity index (χ3v) is 3.92. The van der Waals surface area contributed by atoms with Gasteiger partial charge in [-0.25, -0.2) is 4.39 Å². The molecule has 1 fully saturated rings. The van der Waals surface area contributed by atoms with Crippen LogP contribution in [0.4, 0.5) is 4.39 Å². The molecule has 1 aromatic rings. The minimum absolute atomic E-state index is 0.265. The summed E-state index contributed by atoms with van der Waals surface area (Å²) in [6.45, 7) is 5.82. The Labute approximate surface area is 118 Å². The smallest absolute Gasteiger partial charge is 0.258 e. The summed E-state index contributed by atoms with van der Waals surface area (Å²) in [4.78, 5) is 14.3. The van der Waals surface area contributed by atoms with Crippen LogP contribution in [0.5, 0.6) is 5.75 Å². The SMILES string of the molecule is CCN1CCC(CNC(=O)c2c(O)cccc2F)CC1. The highest BCUT2D eigenvalue weighted by atomic mass is 19.1. The van der Waals surface area contributed by atoms with Gasteiger partial charge in [0, 0.05) is 6.54 Å². The van der Waals surface area contributed by atoms with Crippen molar-refractivity contribution >= 4 is 5.91 Å². The number of carbonyl (C=O) groups excluding carboxylic acids is 1. The quantitative estimate of drug-likeness (QED) is 0.887. The summed E-state index contributed by atoms with van der Waals surface area (Å²) in [5.74, 6) is -1.12. The summed E-state index contributed by atoms with van der Waals surface area (Å²) in [6.07, 6.45) is 2.08. The van der Waals surface area contributed by atoms with Crippen LogP contribution in [0.15, 0.2) is 18.2 Å². The summed E-state index contributed by atoms with van der Waals surface area (Å²) < 4.78 is 13.5. The van der Waals surface area contributed by atoms with Crippen molar-refractivity contribution in [2.24, 2.45) is 5.92 Å². The van der Waals surface area contributed by atoms with Crippen LogP contribution in [0, 0.1) is 11.7 Å². The minimum atomic E-state index is -0.691. The van der Waals surface area contributed by atoms with E-state index in [4.69, 9.17) is 0 Å². The molecule has 1 amide bonds. The maximum atomic E-state index is 13.5. The lowest BCUT2D eigenvalue weighted by Crippen LogP contribution is -2.38. The van der Waals surface area contributed by atoms with E-state index < -0.39 is 11.7 Å². The lowest BCUT2D eigenvalue weighted by atomic mass is 9.96. The molecular weight excluding hydrogens is 259 g/mol. The number of aromatic hydroxyl groups is 1. The van der Waals surface area contributed by atoms with Gasteiger partial charge in [-0.05, 0) is 50.5 Å². The standard InChI is InChI=1S/C15H21FN2O2/c1-2-18-8-6-11(7-9-18)10-17-15(20)14-12(16)4-3-5-13(14)19/h3-5,11,19H,2,6-10H2,1H3,(H,17,20). The molecule has 110 valence electrons. The van der Waals surface area contributed by atoms with Crippen LogP contribution in [-0.2, 0) is 0 Å². The predicted octanol–water partition coefficient (Wildman–Crippen LogP) is 1.99. The van der Waals surface area contributed by atoms with Gasteiger partial charge in [-0.15, -0.1) is 0 Å². The summed E-state index contributed by atoms with van der Waals surface area (Å²) in [5.41, 5.74) is -0.265. The van der Waals surface area contributed by atoms with Gasteiger partial charge in [-0.2, -0.15) is 0 Å². The molecule has 1 aliphatic heterocycles. The van der Waals surface area contributed by atoms with Gasteiger partial charge in [0.05, 0.1) is 0 Å². The van der Waals surface area contributed by atoms with Crippen molar-refractivity contribution in [3.05, 3.63) is 29.6 Å². The van der Waals surface area contributed by atoms with Crippen LogP contribution in [-0.4, -0.2) is 42.1 Å². The van der Waals surface area contributed by atoms with E-state index in [1.807, 2.05) is 0 Å². The summed E-state index contributed by atoms with van der Waals surface area (Å²) in [6, 6.07) is 3.87. The average Bonchev–Trinajstić information content (AvgIpc) is 2.45. The van der Waals surface area contributed by atoms with E-state index in [-0.39, 0.29) is 11.3 Å². The number of halogens is 1. The number of hydrogen-bond acceptors (Lipinski definition) is 3. The Kier molecular flexibility index (Phi) is 4.95. The number of carbonyl (C=O) groups is 1. The molecule has 5 heteroatoms. The third kappa shape index (κ3) is 3.48. The van der Waals surface area contributed by atoms with Crippen LogP contribution in [0.3, 0.4) is 0 Å². The first-order valence-corrected chi connectivity index (χ1v) is 7.09. The van der Waals surface area contributed by atoms with Crippen LogP contribution in [0.2, 0.25) is 0 Å². The minimum Gasteiger partial charge on any atom is -0.507 e. The Bertz CT molecular complexity index is 451. The first-order valence-electron chi connectivity index (χ1n) is 7.09. The number of nitrogens with one attached hydrogen (secondary N) is 1. The molecule has 0 atom stereocenters. The van der Waals surface area contributed by atoms with Gasteiger partial charge >= 0.3 is 0 Å². The van der Waals surface area contributed by atoms with Crippen LogP contribution in [0.1, 0.15) is 30.1 Å². The Morgan fingerprint density at radius 3 is 2.75 bits per heavy atom. The van der Waals surface area contributed by atoms with E-state index in [0.29, 0.717) is 12.5 Å². The number of amides is 1. The maximum absolute atomic E-state index is 13.5. The fourth-order valence-corrected chi connectivity index (χ4v) is 2.57. The van der Waals surface area contributed by atoms with Crippen molar-refractivity contribution < 1.29 is 14.3 Å². The number of phenols is 1. The van der Waals surface area contributed by atoms with Gasteiger partial charge in [0.2, 0.25) is 0 Å². The van der Waals surface area contributed by atoms with Crippen LogP contribution < -0.4 is 5.32 Å². The molecule has 1 aromatic carbocycles. The van der Waals surface area contributed by atoms with E-state index in [2.05, 4.69) is 17.1 Å². The van der Waals surface area contributed by atoms with Crippen molar-refractivity contribution in [2.75, 3.05) is 26.2 Å². The maximum Gasteiger partial charge on any atom is 0.258 e. The number of hydrogen-bond donors (Lipinski definition) is 2. The molecule has 0 saturated carbocycles. The highest BCUT2D eigenvalue weighted by Crippen LogP contribution is 2.20. The molecule has 0 aliphatic carbocycles. The van der Waals surface area contributed by atoms with Crippen molar-refractivity contribution in [1.82, 2.24) is 10.2 Å². The second-order valence-corrected chi connectivity index (χ2v) is 5.22. The van der Waals surface area contributed by atoms with Gasteiger partial charge in [-0.3, -0.25) is 4.79 Å². The molecule has 1 heterocycles. The summed E-state index contributed by atoms with van der Waals surface area (Å²) in [5, 5.41) is 12.3. The zero-order valence-electron chi connectivity index (χ0n) is 11.7. The highest BCUT2D eigenvalue weighted by Gasteiger charge is 2.21. The third-order valence-electron chi connectivity index (χ3n) is 3.92. The van der Waals surface area contributed by atoms with E-state index in [1.165, 1.54) is 18.2 Å². The van der Waals surface area contributed by atoms with Crippen molar-refractivity contribution in [3.63, 3.8) is 0 Å². The molecule has 0 radical (unpaired) electrons. The van der Waals surface area contributed by atoms with Crippen molar-refractivity contribution in [1.29, 1.82) is 0 Å². The number of nitrogens with zero attached hydrogens (tertiary/aromatic N) is 1. The predicted molar refractivity (Wildman–Crippen MR) is 75.2 cm³/mol. The van der Waals surface area contributed by atoms with E-state index >= 15 is 0 Å². The number of piperidine rings is 1. The van der Waals surface area contributed by atoms with Gasteiger partial charge < -0.3 is 15.3 Å². The van der Waals surface area contributed by atoms with Crippen molar-refractivity contribution in [3.8, 4) is 5.75 Å². The first kappa shape index (κ1) is 14.8. The largest absolute Gasteiger partial charge is 0.507 e. The Morgan fingerprint density at radius 2 is 2.15 bits per heavy atom. The molecule has 1 aliphatic rings. The lowest BCUT2D eigenvalue weighted by Gasteiger charge is -2.31. The van der Waals surface area contributed by atoms with Crippen LogP contribution >= 0.6 is 0 Å². The monoisotopic (exact) mass is 280 g/mol. The molecule has 20 heavy (non-hydrogen) atoms. The molecule has 2 rings (SSSR count). The molecule has 1 saturated heterocycles. The normalized spacial score (nSPS) is 17.1. The van der Waals surface area contributed by atoms with Gasteiger partial charge in [-0.1, -0.05) is 13.0 Å². The van der Waals surface area contributed by atoms with Gasteiger partial charge in [0.1, 0.15) is 17.1 Å². The Morgan fingerprint density at radius 1 is 1.45 bits per heavy atom. The number of likely N-dealkylation sites (tertiary alicyclic amines) is 1. The zero-order valence-corrected chi connectivity index (χ0v) is 11.7. The molecule has 4 nitrogen and oxygen atoms in total. The number of phenolic OH excluding ortho intramolecular Hbond substituents is 1. The fourth-order valence-electron chi connectivity index (χ4n) is 2.57. The molecule has 2 N–H and O–H groups in total. The summed E-state index contributed by atoms with van der Waals surface area (Å²) >= 11 is 0. The molecule has 0 unspecified atom stereocenters. The number of rotatable bonds is 4. The highest BCUT2D eigenvalue weighted by molar-refractivity contribution is 5.97. The number of benzene rings is 1. The van der Waals surface area contributed by atoms with Crippen LogP contribution in [0.25, 0.3) is 0 Å². The second-order valence-electron chi connectivity index (χ2n) is 5.22. The average molecular weight is 280 g/mol. The van der Waals surface area contributed by atoms with E-state index in [1.54, 1.807) is 0 Å². The molecular formula is C15H21FN2O2. The second kappa shape index (κ2) is 6.70.